The van der Waals surface area contributed by atoms with E-state index in [1.807, 2.05) is 6.07 Å². The van der Waals surface area contributed by atoms with E-state index in [0.717, 1.165) is 31.1 Å². The first-order chi connectivity index (χ1) is 15.7. The van der Waals surface area contributed by atoms with Gasteiger partial charge in [-0.2, -0.15) is 0 Å². The molecule has 0 spiro atoms. The predicted molar refractivity (Wildman–Crippen MR) is 135 cm³/mol. The summed E-state index contributed by atoms with van der Waals surface area (Å²) in [5.74, 6) is 1.60. The molecule has 0 amide bonds. The molecular weight excluding hydrogens is 436 g/mol. The van der Waals surface area contributed by atoms with Crippen LogP contribution in [0, 0.1) is 13.8 Å². The van der Waals surface area contributed by atoms with Gasteiger partial charge in [0.2, 0.25) is 0 Å². The van der Waals surface area contributed by atoms with Gasteiger partial charge in [0.1, 0.15) is 18.1 Å². The van der Waals surface area contributed by atoms with E-state index in [1.165, 1.54) is 41.6 Å². The first-order valence-electron chi connectivity index (χ1n) is 12.0. The molecule has 180 valence electrons. The van der Waals surface area contributed by atoms with Gasteiger partial charge in [0, 0.05) is 43.5 Å². The fraction of sp³-hybridized carbons (Fsp3) is 0.556. The van der Waals surface area contributed by atoms with Crippen LogP contribution in [-0.4, -0.2) is 55.0 Å². The first kappa shape index (κ1) is 24.2. The molecule has 2 aromatic carbocycles. The van der Waals surface area contributed by atoms with Gasteiger partial charge >= 0.3 is 0 Å². The fourth-order valence-electron chi connectivity index (χ4n) is 5.25. The highest BCUT2D eigenvalue weighted by Gasteiger charge is 2.36. The molecule has 5 nitrogen and oxygen atoms in total. The van der Waals surface area contributed by atoms with Crippen molar-refractivity contribution in [2.75, 3.05) is 38.3 Å². The van der Waals surface area contributed by atoms with Crippen molar-refractivity contribution in [3.05, 3.63) is 52.0 Å². The highest BCUT2D eigenvalue weighted by molar-refractivity contribution is 6.32. The van der Waals surface area contributed by atoms with Crippen molar-refractivity contribution in [2.24, 2.45) is 0 Å². The van der Waals surface area contributed by atoms with E-state index in [0.29, 0.717) is 17.1 Å². The molecule has 33 heavy (non-hydrogen) atoms. The number of benzene rings is 2. The summed E-state index contributed by atoms with van der Waals surface area (Å²) in [5, 5.41) is 10.7. The smallest absolute Gasteiger partial charge is 0.139 e. The lowest BCUT2D eigenvalue weighted by Crippen LogP contribution is -2.56. The maximum absolute atomic E-state index is 10.0. The third kappa shape index (κ3) is 5.26. The van der Waals surface area contributed by atoms with Gasteiger partial charge in [-0.1, -0.05) is 17.7 Å². The van der Waals surface area contributed by atoms with Crippen molar-refractivity contribution in [3.8, 4) is 11.5 Å². The van der Waals surface area contributed by atoms with Crippen molar-refractivity contribution >= 4 is 17.3 Å². The lowest BCUT2D eigenvalue weighted by Gasteiger charge is -2.49. The molecule has 2 aromatic rings. The average Bonchev–Trinajstić information content (AvgIpc) is 2.79. The quantitative estimate of drug-likeness (QED) is 0.598. The zero-order chi connectivity index (χ0) is 23.8. The lowest BCUT2D eigenvalue weighted by molar-refractivity contribution is 0.0282. The van der Waals surface area contributed by atoms with Crippen LogP contribution in [0.5, 0.6) is 11.5 Å². The molecule has 2 aliphatic rings. The van der Waals surface area contributed by atoms with Crippen LogP contribution < -0.4 is 14.4 Å². The van der Waals surface area contributed by atoms with Crippen LogP contribution >= 0.6 is 11.6 Å². The molecule has 0 aliphatic carbocycles. The number of fused-ring (bicyclic) bond motifs is 1. The van der Waals surface area contributed by atoms with Gasteiger partial charge in [-0.05, 0) is 81.8 Å². The van der Waals surface area contributed by atoms with Gasteiger partial charge in [0.25, 0.3) is 0 Å². The predicted octanol–water partition coefficient (Wildman–Crippen LogP) is 5.53. The van der Waals surface area contributed by atoms with Crippen molar-refractivity contribution in [1.29, 1.82) is 0 Å². The van der Waals surface area contributed by atoms with Gasteiger partial charge in [0.05, 0.1) is 17.7 Å². The fourth-order valence-corrected chi connectivity index (χ4v) is 5.45. The Morgan fingerprint density at radius 1 is 1.06 bits per heavy atom. The van der Waals surface area contributed by atoms with Gasteiger partial charge in [0.15, 0.2) is 0 Å². The summed E-state index contributed by atoms with van der Waals surface area (Å²) in [6, 6.07) is 11.4. The number of rotatable bonds is 6. The molecule has 2 heterocycles. The number of nitrogens with zero attached hydrogens (tertiary/aromatic N) is 2. The second-order valence-corrected chi connectivity index (χ2v) is 10.5. The molecule has 2 atom stereocenters. The number of hydrogen-bond donors (Lipinski definition) is 1. The normalized spacial score (nSPS) is 21.6. The summed E-state index contributed by atoms with van der Waals surface area (Å²) in [6.45, 7) is 11.2. The number of piperidine rings is 1. The second-order valence-electron chi connectivity index (χ2n) is 10.1. The van der Waals surface area contributed by atoms with Crippen LogP contribution in [0.2, 0.25) is 5.02 Å². The third-order valence-electron chi connectivity index (χ3n) is 7.16. The number of methoxy groups -OCH3 is 1. The van der Waals surface area contributed by atoms with E-state index < -0.39 is 5.60 Å². The van der Waals surface area contributed by atoms with Crippen molar-refractivity contribution in [2.45, 2.75) is 64.6 Å². The van der Waals surface area contributed by atoms with E-state index in [9.17, 15) is 5.11 Å². The first-order valence-corrected chi connectivity index (χ1v) is 12.4. The number of piperazine rings is 1. The second kappa shape index (κ2) is 9.73. The lowest BCUT2D eigenvalue weighted by atomic mass is 9.86. The summed E-state index contributed by atoms with van der Waals surface area (Å²) in [7, 11) is 1.67. The molecule has 2 aliphatic heterocycles. The van der Waals surface area contributed by atoms with Crippen molar-refractivity contribution in [3.63, 3.8) is 0 Å². The molecule has 0 bridgehead atoms. The average molecular weight is 473 g/mol. The standard InChI is InChI=1S/C27H37ClN2O3/c1-18-19(2)25(33-17-27(3,4)31)12-10-22(18)24-8-6-7-21-16-29(13-14-30(21)24)20-9-11-23(28)26(15-20)32-5/h9-12,15,21,24,31H,6-8,13-14,16-17H2,1-5H3/t21?,24-/m1/s1. The molecular formula is C27H37ClN2O3. The summed E-state index contributed by atoms with van der Waals surface area (Å²) in [5.41, 5.74) is 4.22. The van der Waals surface area contributed by atoms with Crippen LogP contribution in [0.25, 0.3) is 0 Å². The summed E-state index contributed by atoms with van der Waals surface area (Å²) in [6.07, 6.45) is 3.65. The molecule has 0 radical (unpaired) electrons. The Kier molecular flexibility index (Phi) is 7.13. The van der Waals surface area contributed by atoms with E-state index in [2.05, 4.69) is 47.9 Å². The number of halogens is 1. The highest BCUT2D eigenvalue weighted by atomic mass is 35.5. The minimum Gasteiger partial charge on any atom is -0.495 e. The van der Waals surface area contributed by atoms with E-state index in [1.54, 1.807) is 21.0 Å². The molecule has 4 rings (SSSR count). The van der Waals surface area contributed by atoms with Gasteiger partial charge < -0.3 is 19.5 Å². The maximum atomic E-state index is 10.0. The zero-order valence-corrected chi connectivity index (χ0v) is 21.3. The molecule has 2 fully saturated rings. The van der Waals surface area contributed by atoms with Gasteiger partial charge in [-0.25, -0.2) is 0 Å². The van der Waals surface area contributed by atoms with Crippen LogP contribution in [-0.2, 0) is 0 Å². The molecule has 2 saturated heterocycles. The van der Waals surface area contributed by atoms with Gasteiger partial charge in [-0.3, -0.25) is 4.90 Å². The monoisotopic (exact) mass is 472 g/mol. The zero-order valence-electron chi connectivity index (χ0n) is 20.5. The van der Waals surface area contributed by atoms with Crippen molar-refractivity contribution < 1.29 is 14.6 Å². The summed E-state index contributed by atoms with van der Waals surface area (Å²) in [4.78, 5) is 5.18. The molecule has 0 saturated carbocycles. The number of aliphatic hydroxyl groups is 1. The minimum atomic E-state index is -0.844. The van der Waals surface area contributed by atoms with Crippen molar-refractivity contribution in [1.82, 2.24) is 4.90 Å². The molecule has 1 unspecified atom stereocenters. The van der Waals surface area contributed by atoms with Crippen LogP contribution in [0.15, 0.2) is 30.3 Å². The minimum absolute atomic E-state index is 0.287. The Bertz CT molecular complexity index is 988. The summed E-state index contributed by atoms with van der Waals surface area (Å²) >= 11 is 6.24. The Hall–Kier alpha value is -1.95. The number of hydrogen-bond acceptors (Lipinski definition) is 5. The largest absolute Gasteiger partial charge is 0.495 e. The topological polar surface area (TPSA) is 45.2 Å². The Morgan fingerprint density at radius 3 is 2.58 bits per heavy atom. The van der Waals surface area contributed by atoms with E-state index in [-0.39, 0.29) is 6.61 Å². The SMILES string of the molecule is COc1cc(N2CCN3C(CCC[C@@H]3c3ccc(OCC(C)(C)O)c(C)c3C)C2)ccc1Cl. The van der Waals surface area contributed by atoms with E-state index >= 15 is 0 Å². The molecule has 0 aromatic heterocycles. The highest BCUT2D eigenvalue weighted by Crippen LogP contribution is 2.40. The van der Waals surface area contributed by atoms with Crippen LogP contribution in [0.1, 0.15) is 55.8 Å². The van der Waals surface area contributed by atoms with E-state index in [4.69, 9.17) is 21.1 Å². The molecule has 1 N–H and O–H groups in total. The van der Waals surface area contributed by atoms with Crippen LogP contribution in [0.4, 0.5) is 5.69 Å². The van der Waals surface area contributed by atoms with Crippen LogP contribution in [0.3, 0.4) is 0 Å². The maximum Gasteiger partial charge on any atom is 0.139 e. The Morgan fingerprint density at radius 2 is 1.85 bits per heavy atom. The molecule has 6 heteroatoms. The Balaban J connectivity index is 1.51. The number of anilines is 1. The van der Waals surface area contributed by atoms with Gasteiger partial charge in [-0.15, -0.1) is 0 Å². The number of ether oxygens (including phenoxy) is 2. The third-order valence-corrected chi connectivity index (χ3v) is 7.47. The summed E-state index contributed by atoms with van der Waals surface area (Å²) < 4.78 is 11.4. The Labute approximate surface area is 203 Å².